The summed E-state index contributed by atoms with van der Waals surface area (Å²) in [5.74, 6) is 0.699. The largest absolute Gasteiger partial charge is 0.481 e. The van der Waals surface area contributed by atoms with E-state index in [-0.39, 0.29) is 0 Å². The number of fused-ring (bicyclic) bond motifs is 1. The van der Waals surface area contributed by atoms with Crippen molar-refractivity contribution in [2.24, 2.45) is 5.73 Å². The fourth-order valence-corrected chi connectivity index (χ4v) is 2.69. The van der Waals surface area contributed by atoms with Crippen LogP contribution in [0.25, 0.3) is 11.0 Å². The SMILES string of the molecule is COc1ccc2nc(Nc3sccc3C(N)=O)ccc2n1. The van der Waals surface area contributed by atoms with Crippen LogP contribution < -0.4 is 15.8 Å². The van der Waals surface area contributed by atoms with E-state index in [1.54, 1.807) is 30.7 Å². The van der Waals surface area contributed by atoms with E-state index >= 15 is 0 Å². The van der Waals surface area contributed by atoms with Gasteiger partial charge < -0.3 is 15.8 Å². The van der Waals surface area contributed by atoms with Crippen molar-refractivity contribution < 1.29 is 9.53 Å². The summed E-state index contributed by atoms with van der Waals surface area (Å²) in [6, 6.07) is 8.89. The van der Waals surface area contributed by atoms with Crippen molar-refractivity contribution in [1.82, 2.24) is 9.97 Å². The molecule has 1 amide bonds. The molecule has 3 aromatic heterocycles. The zero-order valence-electron chi connectivity index (χ0n) is 11.2. The lowest BCUT2D eigenvalue weighted by atomic mass is 10.3. The van der Waals surface area contributed by atoms with Crippen molar-refractivity contribution in [2.45, 2.75) is 0 Å². The Morgan fingerprint density at radius 2 is 1.95 bits per heavy atom. The first-order valence-corrected chi connectivity index (χ1v) is 7.01. The Labute approximate surface area is 124 Å². The number of carbonyl (C=O) groups is 1. The molecule has 0 aromatic carbocycles. The monoisotopic (exact) mass is 300 g/mol. The van der Waals surface area contributed by atoms with E-state index in [0.717, 1.165) is 11.0 Å². The van der Waals surface area contributed by atoms with Crippen LogP contribution in [-0.4, -0.2) is 23.0 Å². The molecule has 0 fully saturated rings. The number of nitrogens with zero attached hydrogens (tertiary/aromatic N) is 2. The molecule has 106 valence electrons. The van der Waals surface area contributed by atoms with Crippen molar-refractivity contribution in [3.8, 4) is 5.88 Å². The predicted octanol–water partition coefficient (Wildman–Crippen LogP) is 2.54. The minimum Gasteiger partial charge on any atom is -0.481 e. The molecule has 0 atom stereocenters. The Hall–Kier alpha value is -2.67. The molecule has 0 spiro atoms. The fourth-order valence-electron chi connectivity index (χ4n) is 1.89. The van der Waals surface area contributed by atoms with E-state index in [2.05, 4.69) is 15.3 Å². The lowest BCUT2D eigenvalue weighted by molar-refractivity contribution is 0.100. The van der Waals surface area contributed by atoms with Gasteiger partial charge in [0.05, 0.1) is 23.7 Å². The van der Waals surface area contributed by atoms with Crippen LogP contribution in [0.15, 0.2) is 35.7 Å². The third kappa shape index (κ3) is 2.63. The van der Waals surface area contributed by atoms with E-state index in [1.807, 2.05) is 12.1 Å². The number of ether oxygens (including phenoxy) is 1. The summed E-state index contributed by atoms with van der Waals surface area (Å²) in [7, 11) is 1.57. The van der Waals surface area contributed by atoms with Gasteiger partial charge in [-0.3, -0.25) is 4.79 Å². The smallest absolute Gasteiger partial charge is 0.251 e. The summed E-state index contributed by atoms with van der Waals surface area (Å²) in [4.78, 5) is 20.0. The molecule has 3 N–H and O–H groups in total. The molecule has 0 radical (unpaired) electrons. The first-order valence-electron chi connectivity index (χ1n) is 6.13. The highest BCUT2D eigenvalue weighted by Crippen LogP contribution is 2.27. The van der Waals surface area contributed by atoms with Gasteiger partial charge in [-0.25, -0.2) is 9.97 Å². The minimum absolute atomic E-state index is 0.453. The lowest BCUT2D eigenvalue weighted by Crippen LogP contribution is -2.11. The second-order valence-electron chi connectivity index (χ2n) is 4.24. The van der Waals surface area contributed by atoms with Crippen LogP contribution >= 0.6 is 11.3 Å². The quantitative estimate of drug-likeness (QED) is 0.772. The first-order chi connectivity index (χ1) is 10.2. The molecule has 3 aromatic rings. The van der Waals surface area contributed by atoms with Crippen LogP contribution in [0.2, 0.25) is 0 Å². The maximum atomic E-state index is 11.3. The number of nitrogens with one attached hydrogen (secondary N) is 1. The van der Waals surface area contributed by atoms with Gasteiger partial charge in [0.1, 0.15) is 10.8 Å². The third-order valence-electron chi connectivity index (χ3n) is 2.90. The Morgan fingerprint density at radius 3 is 2.71 bits per heavy atom. The summed E-state index contributed by atoms with van der Waals surface area (Å²) >= 11 is 1.40. The fraction of sp³-hybridized carbons (Fsp3) is 0.0714. The number of anilines is 2. The maximum Gasteiger partial charge on any atom is 0.251 e. The van der Waals surface area contributed by atoms with E-state index in [0.29, 0.717) is 22.3 Å². The summed E-state index contributed by atoms with van der Waals surface area (Å²) in [5.41, 5.74) is 7.24. The van der Waals surface area contributed by atoms with Crippen molar-refractivity contribution >= 4 is 39.1 Å². The van der Waals surface area contributed by atoms with Crippen molar-refractivity contribution in [1.29, 1.82) is 0 Å². The molecule has 0 aliphatic rings. The van der Waals surface area contributed by atoms with E-state index in [1.165, 1.54) is 11.3 Å². The second-order valence-corrected chi connectivity index (χ2v) is 5.16. The summed E-state index contributed by atoms with van der Waals surface area (Å²) in [6.07, 6.45) is 0. The number of carbonyl (C=O) groups excluding carboxylic acids is 1. The molecule has 3 rings (SSSR count). The molecular formula is C14H12N4O2S. The Morgan fingerprint density at radius 1 is 1.19 bits per heavy atom. The van der Waals surface area contributed by atoms with Gasteiger partial charge in [-0.2, -0.15) is 0 Å². The Bertz CT molecular complexity index is 816. The van der Waals surface area contributed by atoms with Crippen LogP contribution in [0.1, 0.15) is 10.4 Å². The number of aromatic nitrogens is 2. The molecule has 0 saturated carbocycles. The van der Waals surface area contributed by atoms with Gasteiger partial charge in [0.15, 0.2) is 0 Å². The molecule has 3 heterocycles. The number of nitrogens with two attached hydrogens (primary N) is 1. The van der Waals surface area contributed by atoms with Crippen LogP contribution in [0.3, 0.4) is 0 Å². The van der Waals surface area contributed by atoms with Gasteiger partial charge in [0.25, 0.3) is 5.91 Å². The van der Waals surface area contributed by atoms with Crippen LogP contribution in [0, 0.1) is 0 Å². The molecule has 0 aliphatic carbocycles. The number of hydrogen-bond acceptors (Lipinski definition) is 6. The number of rotatable bonds is 4. The Balaban J connectivity index is 1.94. The molecule has 0 bridgehead atoms. The van der Waals surface area contributed by atoms with Gasteiger partial charge in [-0.15, -0.1) is 11.3 Å². The van der Waals surface area contributed by atoms with Crippen LogP contribution in [-0.2, 0) is 0 Å². The van der Waals surface area contributed by atoms with Crippen molar-refractivity contribution in [3.05, 3.63) is 41.3 Å². The molecule has 0 unspecified atom stereocenters. The van der Waals surface area contributed by atoms with Crippen molar-refractivity contribution in [3.63, 3.8) is 0 Å². The summed E-state index contributed by atoms with van der Waals surface area (Å²) in [6.45, 7) is 0. The van der Waals surface area contributed by atoms with Crippen molar-refractivity contribution in [2.75, 3.05) is 12.4 Å². The zero-order valence-corrected chi connectivity index (χ0v) is 12.0. The number of primary amides is 1. The van der Waals surface area contributed by atoms with E-state index in [4.69, 9.17) is 10.5 Å². The molecule has 0 saturated heterocycles. The minimum atomic E-state index is -0.467. The first kappa shape index (κ1) is 13.3. The predicted molar refractivity (Wildman–Crippen MR) is 82.2 cm³/mol. The second kappa shape index (κ2) is 5.37. The average molecular weight is 300 g/mol. The number of pyridine rings is 2. The molecule has 6 nitrogen and oxygen atoms in total. The van der Waals surface area contributed by atoms with E-state index < -0.39 is 5.91 Å². The number of methoxy groups -OCH3 is 1. The number of hydrogen-bond donors (Lipinski definition) is 2. The van der Waals surface area contributed by atoms with E-state index in [9.17, 15) is 4.79 Å². The van der Waals surface area contributed by atoms with Gasteiger partial charge in [0.2, 0.25) is 5.88 Å². The highest BCUT2D eigenvalue weighted by Gasteiger charge is 2.10. The number of amides is 1. The zero-order chi connectivity index (χ0) is 14.8. The van der Waals surface area contributed by atoms with Crippen LogP contribution in [0.4, 0.5) is 10.8 Å². The average Bonchev–Trinajstić information content (AvgIpc) is 2.95. The maximum absolute atomic E-state index is 11.3. The molecule has 7 heteroatoms. The number of thiophene rings is 1. The van der Waals surface area contributed by atoms with Gasteiger partial charge in [0, 0.05) is 6.07 Å². The normalized spacial score (nSPS) is 10.5. The standard InChI is InChI=1S/C14H12N4O2S/c1-20-12-5-3-9-10(17-12)2-4-11(16-9)18-14-8(13(15)19)6-7-21-14/h2-7H,1H3,(H2,15,19)(H,16,18). The molecular weight excluding hydrogens is 288 g/mol. The topological polar surface area (TPSA) is 90.1 Å². The lowest BCUT2D eigenvalue weighted by Gasteiger charge is -2.06. The van der Waals surface area contributed by atoms with Crippen LogP contribution in [0.5, 0.6) is 5.88 Å². The molecule has 21 heavy (non-hydrogen) atoms. The summed E-state index contributed by atoms with van der Waals surface area (Å²) < 4.78 is 5.08. The van der Waals surface area contributed by atoms with Gasteiger partial charge in [-0.05, 0) is 29.6 Å². The third-order valence-corrected chi connectivity index (χ3v) is 3.73. The Kier molecular flexibility index (Phi) is 3.41. The van der Waals surface area contributed by atoms with Gasteiger partial charge >= 0.3 is 0 Å². The molecule has 0 aliphatic heterocycles. The summed E-state index contributed by atoms with van der Waals surface area (Å²) in [5, 5.41) is 5.58. The highest BCUT2D eigenvalue weighted by atomic mass is 32.1. The highest BCUT2D eigenvalue weighted by molar-refractivity contribution is 7.14. The van der Waals surface area contributed by atoms with Gasteiger partial charge in [-0.1, -0.05) is 0 Å².